The molecule has 0 unspecified atom stereocenters. The first-order valence-corrected chi connectivity index (χ1v) is 7.32. The molecule has 84 valence electrons. The summed E-state index contributed by atoms with van der Waals surface area (Å²) >= 11 is 3.29. The van der Waals surface area contributed by atoms with Gasteiger partial charge in [-0.2, -0.15) is 0 Å². The van der Waals surface area contributed by atoms with E-state index < -0.39 is 9.84 Å². The molecule has 0 spiro atoms. The van der Waals surface area contributed by atoms with Crippen molar-refractivity contribution < 1.29 is 8.42 Å². The molecule has 15 heavy (non-hydrogen) atoms. The van der Waals surface area contributed by atoms with Crippen LogP contribution in [0.4, 0.5) is 0 Å². The highest BCUT2D eigenvalue weighted by Gasteiger charge is 2.21. The Morgan fingerprint density at radius 3 is 2.27 bits per heavy atom. The van der Waals surface area contributed by atoms with Crippen molar-refractivity contribution in [1.82, 2.24) is 0 Å². The third-order valence-electron chi connectivity index (χ3n) is 2.37. The summed E-state index contributed by atoms with van der Waals surface area (Å²) in [7, 11) is -3.14. The summed E-state index contributed by atoms with van der Waals surface area (Å²) in [6.07, 6.45) is 1.59. The van der Waals surface area contributed by atoms with Crippen molar-refractivity contribution >= 4 is 25.8 Å². The first kappa shape index (κ1) is 12.7. The maximum Gasteiger partial charge on any atom is 0.180 e. The number of sulfone groups is 1. The van der Waals surface area contributed by atoms with Crippen molar-refractivity contribution in [2.75, 3.05) is 0 Å². The van der Waals surface area contributed by atoms with E-state index in [1.807, 2.05) is 6.92 Å². The van der Waals surface area contributed by atoms with Crippen LogP contribution in [0.15, 0.2) is 33.6 Å². The Morgan fingerprint density at radius 1 is 1.27 bits per heavy atom. The highest BCUT2D eigenvalue weighted by atomic mass is 79.9. The van der Waals surface area contributed by atoms with Crippen LogP contribution in [0, 0.1) is 0 Å². The van der Waals surface area contributed by atoms with Gasteiger partial charge in [-0.1, -0.05) is 29.3 Å². The van der Waals surface area contributed by atoms with Gasteiger partial charge in [-0.3, -0.25) is 0 Å². The summed E-state index contributed by atoms with van der Waals surface area (Å²) in [6.45, 7) is 3.76. The van der Waals surface area contributed by atoms with Crippen LogP contribution in [0.25, 0.3) is 0 Å². The quantitative estimate of drug-likeness (QED) is 0.852. The molecule has 1 atom stereocenters. The van der Waals surface area contributed by atoms with Crippen molar-refractivity contribution in [1.29, 1.82) is 0 Å². The van der Waals surface area contributed by atoms with Crippen LogP contribution in [-0.4, -0.2) is 13.7 Å². The van der Waals surface area contributed by atoms with E-state index in [1.54, 1.807) is 31.2 Å². The van der Waals surface area contributed by atoms with Gasteiger partial charge < -0.3 is 0 Å². The van der Waals surface area contributed by atoms with Gasteiger partial charge in [-0.15, -0.1) is 0 Å². The fourth-order valence-corrected chi connectivity index (χ4v) is 3.21. The fraction of sp³-hybridized carbons (Fsp3) is 0.455. The monoisotopic (exact) mass is 290 g/mol. The molecule has 1 aromatic carbocycles. The van der Waals surface area contributed by atoms with E-state index in [2.05, 4.69) is 15.9 Å². The zero-order valence-corrected chi connectivity index (χ0v) is 11.3. The smallest absolute Gasteiger partial charge is 0.180 e. The van der Waals surface area contributed by atoms with Gasteiger partial charge in [0.25, 0.3) is 0 Å². The zero-order valence-electron chi connectivity index (χ0n) is 8.90. The lowest BCUT2D eigenvalue weighted by Gasteiger charge is -2.11. The summed E-state index contributed by atoms with van der Waals surface area (Å²) in [6, 6.07) is 6.80. The molecule has 2 nitrogen and oxygen atoms in total. The lowest BCUT2D eigenvalue weighted by molar-refractivity contribution is 0.576. The van der Waals surface area contributed by atoms with Crippen LogP contribution in [0.5, 0.6) is 0 Å². The molecular formula is C11H15BrO2S. The number of hydrogen-bond acceptors (Lipinski definition) is 2. The molecule has 0 amide bonds. The van der Waals surface area contributed by atoms with Crippen LogP contribution >= 0.6 is 15.9 Å². The predicted octanol–water partition coefficient (Wildman–Crippen LogP) is 3.41. The largest absolute Gasteiger partial charge is 0.223 e. The Labute approximate surface area is 99.7 Å². The number of rotatable bonds is 4. The highest BCUT2D eigenvalue weighted by molar-refractivity contribution is 9.10. The maximum atomic E-state index is 12.0. The van der Waals surface area contributed by atoms with Crippen molar-refractivity contribution in [3.05, 3.63) is 28.7 Å². The molecule has 0 aliphatic rings. The van der Waals surface area contributed by atoms with Crippen LogP contribution < -0.4 is 0 Å². The lowest BCUT2D eigenvalue weighted by Crippen LogP contribution is -2.17. The van der Waals surface area contributed by atoms with E-state index in [-0.39, 0.29) is 5.25 Å². The van der Waals surface area contributed by atoms with E-state index >= 15 is 0 Å². The molecule has 0 bridgehead atoms. The van der Waals surface area contributed by atoms with Crippen LogP contribution in [0.3, 0.4) is 0 Å². The topological polar surface area (TPSA) is 34.1 Å². The minimum Gasteiger partial charge on any atom is -0.223 e. The Bertz CT molecular complexity index is 409. The first-order valence-electron chi connectivity index (χ1n) is 4.98. The third-order valence-corrected chi connectivity index (χ3v) is 5.12. The molecular weight excluding hydrogens is 276 g/mol. The second-order valence-electron chi connectivity index (χ2n) is 3.60. The molecule has 0 saturated carbocycles. The summed E-state index contributed by atoms with van der Waals surface area (Å²) < 4.78 is 24.9. The van der Waals surface area contributed by atoms with Crippen molar-refractivity contribution in [3.8, 4) is 0 Å². The van der Waals surface area contributed by atoms with Crippen LogP contribution in [-0.2, 0) is 9.84 Å². The number of hydrogen-bond donors (Lipinski definition) is 0. The Morgan fingerprint density at radius 2 is 1.80 bits per heavy atom. The summed E-state index contributed by atoms with van der Waals surface area (Å²) in [5.74, 6) is 0. The molecule has 1 rings (SSSR count). The maximum absolute atomic E-state index is 12.0. The summed E-state index contributed by atoms with van der Waals surface area (Å²) in [5, 5.41) is -0.302. The SMILES string of the molecule is CCC[C@H](C)S(=O)(=O)c1ccc(Br)cc1. The molecule has 1 aromatic rings. The molecule has 0 aliphatic heterocycles. The van der Waals surface area contributed by atoms with Crippen molar-refractivity contribution in [3.63, 3.8) is 0 Å². The van der Waals surface area contributed by atoms with E-state index in [1.165, 1.54) is 0 Å². The Balaban J connectivity index is 3.01. The molecule has 0 aromatic heterocycles. The van der Waals surface area contributed by atoms with Crippen LogP contribution in [0.1, 0.15) is 26.7 Å². The fourth-order valence-electron chi connectivity index (χ4n) is 1.42. The minimum absolute atomic E-state index is 0.302. The van der Waals surface area contributed by atoms with Gasteiger partial charge in [0.1, 0.15) is 0 Å². The van der Waals surface area contributed by atoms with Crippen molar-refractivity contribution in [2.45, 2.75) is 36.8 Å². The highest BCUT2D eigenvalue weighted by Crippen LogP contribution is 2.21. The van der Waals surface area contributed by atoms with Gasteiger partial charge in [0.15, 0.2) is 9.84 Å². The van der Waals surface area contributed by atoms with Gasteiger partial charge >= 0.3 is 0 Å². The van der Waals surface area contributed by atoms with E-state index in [9.17, 15) is 8.42 Å². The molecule has 4 heteroatoms. The van der Waals surface area contributed by atoms with Crippen molar-refractivity contribution in [2.24, 2.45) is 0 Å². The first-order chi connectivity index (χ1) is 6.98. The zero-order chi connectivity index (χ0) is 11.5. The summed E-state index contributed by atoms with van der Waals surface area (Å²) in [5.41, 5.74) is 0. The Kier molecular flexibility index (Phi) is 4.34. The number of benzene rings is 1. The Hall–Kier alpha value is -0.350. The van der Waals surface area contributed by atoms with E-state index in [4.69, 9.17) is 0 Å². The summed E-state index contributed by atoms with van der Waals surface area (Å²) in [4.78, 5) is 0.409. The van der Waals surface area contributed by atoms with Gasteiger partial charge in [0, 0.05) is 4.47 Å². The molecule has 0 aliphatic carbocycles. The number of halogens is 1. The average molecular weight is 291 g/mol. The van der Waals surface area contributed by atoms with Gasteiger partial charge in [0.2, 0.25) is 0 Å². The lowest BCUT2D eigenvalue weighted by atomic mass is 10.3. The predicted molar refractivity (Wildman–Crippen MR) is 65.7 cm³/mol. The second kappa shape index (κ2) is 5.12. The van der Waals surface area contributed by atoms with Crippen LogP contribution in [0.2, 0.25) is 0 Å². The molecule has 0 heterocycles. The average Bonchev–Trinajstić information content (AvgIpc) is 2.18. The normalized spacial score (nSPS) is 13.8. The molecule has 0 saturated heterocycles. The van der Waals surface area contributed by atoms with Gasteiger partial charge in [-0.05, 0) is 37.6 Å². The van der Waals surface area contributed by atoms with E-state index in [0.717, 1.165) is 10.9 Å². The van der Waals surface area contributed by atoms with Gasteiger partial charge in [0.05, 0.1) is 10.1 Å². The van der Waals surface area contributed by atoms with Gasteiger partial charge in [-0.25, -0.2) is 8.42 Å². The second-order valence-corrected chi connectivity index (χ2v) is 6.88. The molecule has 0 fully saturated rings. The van der Waals surface area contributed by atoms with E-state index in [0.29, 0.717) is 11.3 Å². The minimum atomic E-state index is -3.14. The third kappa shape index (κ3) is 3.05. The molecule has 0 radical (unpaired) electrons. The standard InChI is InChI=1S/C11H15BrO2S/c1-3-4-9(2)15(13,14)11-7-5-10(12)6-8-11/h5-9H,3-4H2,1-2H3/t9-/m0/s1. The molecule has 0 N–H and O–H groups in total.